The molecule has 174 valence electrons. The number of thiophene rings is 1. The Morgan fingerprint density at radius 1 is 1.03 bits per heavy atom. The van der Waals surface area contributed by atoms with Crippen LogP contribution in [0.25, 0.3) is 10.2 Å². The van der Waals surface area contributed by atoms with E-state index in [1.54, 1.807) is 16.2 Å². The predicted octanol–water partition coefficient (Wildman–Crippen LogP) is 5.19. The Hall–Kier alpha value is -3.45. The minimum absolute atomic E-state index is 0.0169. The van der Waals surface area contributed by atoms with E-state index in [2.05, 4.69) is 29.7 Å². The van der Waals surface area contributed by atoms with Gasteiger partial charge in [0.05, 0.1) is 0 Å². The van der Waals surface area contributed by atoms with E-state index >= 15 is 0 Å². The van der Waals surface area contributed by atoms with Crippen LogP contribution >= 0.6 is 11.3 Å². The van der Waals surface area contributed by atoms with Gasteiger partial charge in [-0.1, -0.05) is 29.8 Å². The Bertz CT molecular complexity index is 1360. The van der Waals surface area contributed by atoms with E-state index in [9.17, 15) is 14.0 Å². The van der Waals surface area contributed by atoms with Gasteiger partial charge in [-0.2, -0.15) is 0 Å². The number of halogens is 1. The molecule has 1 fully saturated rings. The molecule has 0 saturated carbocycles. The SMILES string of the molecule is Cc1cccc(Cn2c(C(=O)N3CCN(C(=O)c4ccc(F)cc4)[C@@H](C)C3)cc3ccsc32)c1. The van der Waals surface area contributed by atoms with Gasteiger partial charge in [0.2, 0.25) is 0 Å². The van der Waals surface area contributed by atoms with Gasteiger partial charge in [0.1, 0.15) is 16.3 Å². The standard InChI is InChI=1S/C27H26FN3O2S/c1-18-4-3-5-20(14-18)17-31-24(15-22-10-13-34-27(22)31)26(33)29-11-12-30(19(2)16-29)25(32)21-6-8-23(28)9-7-21/h3-10,13-15,19H,11-12,16-17H2,1-2H3/t19-/m0/s1. The van der Waals surface area contributed by atoms with Crippen LogP contribution in [0.3, 0.4) is 0 Å². The average Bonchev–Trinajstić information content (AvgIpc) is 3.41. The Labute approximate surface area is 202 Å². The van der Waals surface area contributed by atoms with Crippen LogP contribution in [0.15, 0.2) is 66.0 Å². The van der Waals surface area contributed by atoms with Crippen LogP contribution in [0.1, 0.15) is 38.9 Å². The molecule has 2 amide bonds. The lowest BCUT2D eigenvalue weighted by Gasteiger charge is -2.40. The third-order valence-electron chi connectivity index (χ3n) is 6.41. The molecular weight excluding hydrogens is 449 g/mol. The van der Waals surface area contributed by atoms with Crippen molar-refractivity contribution in [3.63, 3.8) is 0 Å². The number of amides is 2. The molecule has 1 saturated heterocycles. The summed E-state index contributed by atoms with van der Waals surface area (Å²) in [6.45, 7) is 6.00. The smallest absolute Gasteiger partial charge is 0.270 e. The lowest BCUT2D eigenvalue weighted by molar-refractivity contribution is 0.0409. The first kappa shape index (κ1) is 22.3. The van der Waals surface area contributed by atoms with Gasteiger partial charge in [-0.25, -0.2) is 4.39 Å². The maximum Gasteiger partial charge on any atom is 0.270 e. The highest BCUT2D eigenvalue weighted by Crippen LogP contribution is 2.28. The second-order valence-electron chi connectivity index (χ2n) is 8.89. The summed E-state index contributed by atoms with van der Waals surface area (Å²) < 4.78 is 15.4. The Kier molecular flexibility index (Phi) is 5.96. The van der Waals surface area contributed by atoms with Crippen molar-refractivity contribution in [2.24, 2.45) is 0 Å². The van der Waals surface area contributed by atoms with Crippen molar-refractivity contribution in [3.8, 4) is 0 Å². The van der Waals surface area contributed by atoms with Gasteiger partial charge in [0, 0.05) is 43.2 Å². The fourth-order valence-electron chi connectivity index (χ4n) is 4.67. The van der Waals surface area contributed by atoms with E-state index in [-0.39, 0.29) is 23.7 Å². The number of aromatic nitrogens is 1. The van der Waals surface area contributed by atoms with Crippen molar-refractivity contribution >= 4 is 33.4 Å². The topological polar surface area (TPSA) is 45.6 Å². The first-order valence-corrected chi connectivity index (χ1v) is 12.3. The third kappa shape index (κ3) is 4.23. The first-order valence-electron chi connectivity index (χ1n) is 11.4. The molecule has 0 radical (unpaired) electrons. The number of carbonyl (C=O) groups excluding carboxylic acids is 2. The second-order valence-corrected chi connectivity index (χ2v) is 9.79. The van der Waals surface area contributed by atoms with Crippen LogP contribution in [0.2, 0.25) is 0 Å². The largest absolute Gasteiger partial charge is 0.334 e. The fraction of sp³-hybridized carbons (Fsp3) is 0.259. The molecular formula is C27H26FN3O2S. The zero-order valence-corrected chi connectivity index (χ0v) is 20.0. The molecule has 0 aliphatic carbocycles. The lowest BCUT2D eigenvalue weighted by atomic mass is 10.1. The minimum Gasteiger partial charge on any atom is -0.334 e. The molecule has 0 spiro atoms. The molecule has 1 aliphatic heterocycles. The number of hydrogen-bond donors (Lipinski definition) is 0. The zero-order valence-electron chi connectivity index (χ0n) is 19.2. The highest BCUT2D eigenvalue weighted by atomic mass is 32.1. The molecule has 1 aliphatic rings. The van der Waals surface area contributed by atoms with Crippen LogP contribution < -0.4 is 0 Å². The molecule has 0 bridgehead atoms. The summed E-state index contributed by atoms with van der Waals surface area (Å²) in [4.78, 5) is 31.3. The number of fused-ring (bicyclic) bond motifs is 1. The third-order valence-corrected chi connectivity index (χ3v) is 7.36. The van der Waals surface area contributed by atoms with Gasteiger partial charge in [-0.05, 0) is 61.2 Å². The molecule has 3 heterocycles. The van der Waals surface area contributed by atoms with Crippen LogP contribution in [0.4, 0.5) is 4.39 Å². The van der Waals surface area contributed by atoms with Gasteiger partial charge < -0.3 is 14.4 Å². The molecule has 7 heteroatoms. The van der Waals surface area contributed by atoms with E-state index < -0.39 is 0 Å². The zero-order chi connectivity index (χ0) is 23.8. The number of carbonyl (C=O) groups is 2. The lowest BCUT2D eigenvalue weighted by Crippen LogP contribution is -2.55. The molecule has 0 unspecified atom stereocenters. The van der Waals surface area contributed by atoms with Gasteiger partial charge in [-0.3, -0.25) is 9.59 Å². The summed E-state index contributed by atoms with van der Waals surface area (Å²) in [5.74, 6) is -0.520. The van der Waals surface area contributed by atoms with Crippen molar-refractivity contribution < 1.29 is 14.0 Å². The summed E-state index contributed by atoms with van der Waals surface area (Å²) >= 11 is 1.64. The second kappa shape index (κ2) is 9.06. The van der Waals surface area contributed by atoms with Crippen LogP contribution in [-0.4, -0.2) is 51.9 Å². The highest BCUT2D eigenvalue weighted by molar-refractivity contribution is 7.16. The van der Waals surface area contributed by atoms with E-state index in [0.717, 1.165) is 15.8 Å². The normalized spacial score (nSPS) is 16.3. The summed E-state index contributed by atoms with van der Waals surface area (Å²) in [5, 5.41) is 3.12. The van der Waals surface area contributed by atoms with Crippen LogP contribution in [0.5, 0.6) is 0 Å². The summed E-state index contributed by atoms with van der Waals surface area (Å²) in [5.41, 5.74) is 3.48. The predicted molar refractivity (Wildman–Crippen MR) is 133 cm³/mol. The molecule has 5 rings (SSSR count). The molecule has 34 heavy (non-hydrogen) atoms. The van der Waals surface area contributed by atoms with E-state index in [0.29, 0.717) is 37.4 Å². The number of piperazine rings is 1. The number of benzene rings is 2. The number of rotatable bonds is 4. The van der Waals surface area contributed by atoms with Crippen molar-refractivity contribution in [1.29, 1.82) is 0 Å². The van der Waals surface area contributed by atoms with Gasteiger partial charge in [-0.15, -0.1) is 11.3 Å². The Balaban J connectivity index is 1.36. The summed E-state index contributed by atoms with van der Waals surface area (Å²) in [6.07, 6.45) is 0. The molecule has 2 aromatic carbocycles. The monoisotopic (exact) mass is 475 g/mol. The molecule has 5 nitrogen and oxygen atoms in total. The van der Waals surface area contributed by atoms with Gasteiger partial charge in [0.25, 0.3) is 11.8 Å². The molecule has 4 aromatic rings. The average molecular weight is 476 g/mol. The van der Waals surface area contributed by atoms with Gasteiger partial charge >= 0.3 is 0 Å². The van der Waals surface area contributed by atoms with Crippen LogP contribution in [-0.2, 0) is 6.54 Å². The fourth-order valence-corrected chi connectivity index (χ4v) is 5.56. The molecule has 0 N–H and O–H groups in total. The Morgan fingerprint density at radius 3 is 2.56 bits per heavy atom. The van der Waals surface area contributed by atoms with E-state index in [1.807, 2.05) is 35.4 Å². The van der Waals surface area contributed by atoms with Crippen molar-refractivity contribution in [1.82, 2.24) is 14.4 Å². The highest BCUT2D eigenvalue weighted by Gasteiger charge is 2.32. The maximum absolute atomic E-state index is 13.6. The van der Waals surface area contributed by atoms with Gasteiger partial charge in [0.15, 0.2) is 0 Å². The van der Waals surface area contributed by atoms with Crippen molar-refractivity contribution in [3.05, 3.63) is 94.2 Å². The van der Waals surface area contributed by atoms with E-state index in [1.165, 1.54) is 29.8 Å². The maximum atomic E-state index is 13.6. The number of hydrogen-bond acceptors (Lipinski definition) is 3. The van der Waals surface area contributed by atoms with Crippen molar-refractivity contribution in [2.45, 2.75) is 26.4 Å². The van der Waals surface area contributed by atoms with E-state index in [4.69, 9.17) is 0 Å². The molecule has 2 aromatic heterocycles. The van der Waals surface area contributed by atoms with Crippen LogP contribution in [0, 0.1) is 12.7 Å². The summed E-state index contributed by atoms with van der Waals surface area (Å²) in [7, 11) is 0. The summed E-state index contributed by atoms with van der Waals surface area (Å²) in [6, 6.07) is 17.8. The quantitative estimate of drug-likeness (QED) is 0.408. The van der Waals surface area contributed by atoms with Crippen molar-refractivity contribution in [2.75, 3.05) is 19.6 Å². The first-order chi connectivity index (χ1) is 16.4. The number of nitrogens with zero attached hydrogens (tertiary/aromatic N) is 3. The number of aryl methyl sites for hydroxylation is 1. The Morgan fingerprint density at radius 2 is 1.82 bits per heavy atom. The minimum atomic E-state index is -0.367. The molecule has 1 atom stereocenters.